The zero-order valence-electron chi connectivity index (χ0n) is 14.2. The number of non-ortho nitro benzene ring substituents is 1. The average Bonchev–Trinajstić information content (AvgIpc) is 2.63. The highest BCUT2D eigenvalue weighted by Gasteiger charge is 2.07. The number of carbonyl (C=O) groups excluding carboxylic acids is 1. The van der Waals surface area contributed by atoms with E-state index in [0.717, 1.165) is 9.79 Å². The molecular weight excluding hydrogens is 421 g/mol. The fourth-order valence-electron chi connectivity index (χ4n) is 2.30. The molecule has 2 N–H and O–H groups in total. The van der Waals surface area contributed by atoms with Gasteiger partial charge in [0.2, 0.25) is 0 Å². The van der Waals surface area contributed by atoms with Crippen LogP contribution in [0.4, 0.5) is 21.9 Å². The van der Waals surface area contributed by atoms with Crippen LogP contribution in [0.1, 0.15) is 0 Å². The highest BCUT2D eigenvalue weighted by molar-refractivity contribution is 7.99. The fourth-order valence-corrected chi connectivity index (χ4v) is 3.64. The Morgan fingerprint density at radius 1 is 0.821 bits per heavy atom. The van der Waals surface area contributed by atoms with Crippen LogP contribution in [0.25, 0.3) is 0 Å². The minimum Gasteiger partial charge on any atom is -0.308 e. The first-order valence-electron chi connectivity index (χ1n) is 7.95. The Bertz CT molecular complexity index is 992. The summed E-state index contributed by atoms with van der Waals surface area (Å²) < 4.78 is 0. The summed E-state index contributed by atoms with van der Waals surface area (Å²) in [7, 11) is 0. The molecule has 3 rings (SSSR count). The molecule has 0 bridgehead atoms. The van der Waals surface area contributed by atoms with Crippen LogP contribution < -0.4 is 10.6 Å². The first-order chi connectivity index (χ1) is 13.4. The van der Waals surface area contributed by atoms with Gasteiger partial charge in [-0.2, -0.15) is 0 Å². The van der Waals surface area contributed by atoms with E-state index >= 15 is 0 Å². The van der Waals surface area contributed by atoms with Crippen molar-refractivity contribution in [3.63, 3.8) is 0 Å². The van der Waals surface area contributed by atoms with E-state index in [9.17, 15) is 14.9 Å². The molecule has 142 valence electrons. The minimum absolute atomic E-state index is 0.0518. The molecule has 0 fully saturated rings. The normalized spacial score (nSPS) is 10.4. The molecule has 0 saturated heterocycles. The third kappa shape index (κ3) is 5.63. The Labute approximate surface area is 175 Å². The van der Waals surface area contributed by atoms with Crippen molar-refractivity contribution in [2.24, 2.45) is 0 Å². The van der Waals surface area contributed by atoms with Crippen molar-refractivity contribution < 1.29 is 9.72 Å². The van der Waals surface area contributed by atoms with Crippen LogP contribution in [0.3, 0.4) is 0 Å². The molecule has 0 saturated carbocycles. The van der Waals surface area contributed by atoms with Gasteiger partial charge in [0, 0.05) is 43.3 Å². The van der Waals surface area contributed by atoms with Crippen molar-refractivity contribution in [3.05, 3.63) is 86.9 Å². The summed E-state index contributed by atoms with van der Waals surface area (Å²) in [4.78, 5) is 24.2. The van der Waals surface area contributed by atoms with Crippen molar-refractivity contribution >= 4 is 58.1 Å². The molecule has 0 atom stereocenters. The van der Waals surface area contributed by atoms with Gasteiger partial charge in [-0.1, -0.05) is 35.0 Å². The monoisotopic (exact) mass is 433 g/mol. The van der Waals surface area contributed by atoms with E-state index in [2.05, 4.69) is 10.6 Å². The molecule has 0 spiro atoms. The van der Waals surface area contributed by atoms with Gasteiger partial charge in [-0.3, -0.25) is 10.1 Å². The standard InChI is InChI=1S/C19H13Cl2N3O3S/c20-12-9-13(21)11-15(10-12)23-19(25)22-14-1-5-17(6-2-14)28-18-7-3-16(4-8-18)24(26)27/h1-11H,(H2,22,23,25). The molecular formula is C19H13Cl2N3O3S. The number of nitro groups is 1. The second-order valence-corrected chi connectivity index (χ2v) is 7.63. The van der Waals surface area contributed by atoms with E-state index < -0.39 is 11.0 Å². The fraction of sp³-hybridized carbons (Fsp3) is 0. The van der Waals surface area contributed by atoms with Gasteiger partial charge in [0.05, 0.1) is 4.92 Å². The second-order valence-electron chi connectivity index (χ2n) is 5.61. The molecule has 0 aliphatic carbocycles. The Morgan fingerprint density at radius 3 is 1.86 bits per heavy atom. The number of benzene rings is 3. The summed E-state index contributed by atoms with van der Waals surface area (Å²) >= 11 is 13.3. The number of amides is 2. The number of halogens is 2. The lowest BCUT2D eigenvalue weighted by Gasteiger charge is -2.09. The maximum atomic E-state index is 12.1. The van der Waals surface area contributed by atoms with E-state index in [-0.39, 0.29) is 5.69 Å². The number of nitro benzene ring substituents is 1. The number of urea groups is 1. The smallest absolute Gasteiger partial charge is 0.308 e. The van der Waals surface area contributed by atoms with Gasteiger partial charge in [0.1, 0.15) is 0 Å². The van der Waals surface area contributed by atoms with E-state index in [1.54, 1.807) is 42.5 Å². The van der Waals surface area contributed by atoms with E-state index in [1.807, 2.05) is 12.1 Å². The third-order valence-corrected chi connectivity index (χ3v) is 4.97. The Kier molecular flexibility index (Phi) is 6.41. The summed E-state index contributed by atoms with van der Waals surface area (Å²) in [6.45, 7) is 0. The summed E-state index contributed by atoms with van der Waals surface area (Å²) in [6.07, 6.45) is 0. The molecule has 2 amide bonds. The van der Waals surface area contributed by atoms with Gasteiger partial charge in [0.25, 0.3) is 5.69 Å². The number of nitrogens with one attached hydrogen (secondary N) is 2. The molecule has 3 aromatic carbocycles. The molecule has 0 aromatic heterocycles. The quantitative estimate of drug-likeness (QED) is 0.346. The van der Waals surface area contributed by atoms with Crippen LogP contribution in [0.5, 0.6) is 0 Å². The Morgan fingerprint density at radius 2 is 1.32 bits per heavy atom. The van der Waals surface area contributed by atoms with Gasteiger partial charge < -0.3 is 10.6 Å². The molecule has 28 heavy (non-hydrogen) atoms. The van der Waals surface area contributed by atoms with Gasteiger partial charge in [-0.05, 0) is 54.6 Å². The van der Waals surface area contributed by atoms with E-state index in [4.69, 9.17) is 23.2 Å². The van der Waals surface area contributed by atoms with Crippen LogP contribution in [0.15, 0.2) is 76.5 Å². The molecule has 9 heteroatoms. The Hall–Kier alpha value is -2.74. The lowest BCUT2D eigenvalue weighted by molar-refractivity contribution is -0.384. The molecule has 0 heterocycles. The third-order valence-electron chi connectivity index (χ3n) is 3.52. The number of nitrogens with zero attached hydrogens (tertiary/aromatic N) is 1. The summed E-state index contributed by atoms with van der Waals surface area (Å²) in [6, 6.07) is 17.9. The second kappa shape index (κ2) is 8.97. The van der Waals surface area contributed by atoms with Crippen LogP contribution in [0.2, 0.25) is 10.0 Å². The highest BCUT2D eigenvalue weighted by Crippen LogP contribution is 2.30. The van der Waals surface area contributed by atoms with Crippen LogP contribution >= 0.6 is 35.0 Å². The van der Waals surface area contributed by atoms with Crippen LogP contribution in [0, 0.1) is 10.1 Å². The number of hydrogen-bond acceptors (Lipinski definition) is 4. The van der Waals surface area contributed by atoms with Crippen LogP contribution in [-0.2, 0) is 0 Å². The first kappa shape index (κ1) is 20.0. The maximum absolute atomic E-state index is 12.1. The first-order valence-corrected chi connectivity index (χ1v) is 9.53. The Balaban J connectivity index is 1.59. The van der Waals surface area contributed by atoms with E-state index in [1.165, 1.54) is 23.9 Å². The van der Waals surface area contributed by atoms with E-state index in [0.29, 0.717) is 21.4 Å². The maximum Gasteiger partial charge on any atom is 0.323 e. The van der Waals surface area contributed by atoms with Crippen molar-refractivity contribution in [1.29, 1.82) is 0 Å². The minimum atomic E-state index is -0.433. The topological polar surface area (TPSA) is 84.3 Å². The molecule has 0 aliphatic rings. The summed E-state index contributed by atoms with van der Waals surface area (Å²) in [5, 5.41) is 16.9. The lowest BCUT2D eigenvalue weighted by Crippen LogP contribution is -2.19. The van der Waals surface area contributed by atoms with Crippen molar-refractivity contribution in [1.82, 2.24) is 0 Å². The molecule has 0 radical (unpaired) electrons. The number of carbonyl (C=O) groups is 1. The van der Waals surface area contributed by atoms with Crippen molar-refractivity contribution in [2.75, 3.05) is 10.6 Å². The lowest BCUT2D eigenvalue weighted by atomic mass is 10.3. The summed E-state index contributed by atoms with van der Waals surface area (Å²) in [5.41, 5.74) is 1.15. The zero-order chi connectivity index (χ0) is 20.1. The average molecular weight is 434 g/mol. The van der Waals surface area contributed by atoms with Crippen LogP contribution in [-0.4, -0.2) is 11.0 Å². The molecule has 6 nitrogen and oxygen atoms in total. The van der Waals surface area contributed by atoms with Gasteiger partial charge in [-0.15, -0.1) is 0 Å². The zero-order valence-corrected chi connectivity index (χ0v) is 16.5. The molecule has 3 aromatic rings. The predicted molar refractivity (Wildman–Crippen MR) is 113 cm³/mol. The molecule has 0 unspecified atom stereocenters. The van der Waals surface area contributed by atoms with Gasteiger partial charge >= 0.3 is 6.03 Å². The van der Waals surface area contributed by atoms with Crippen molar-refractivity contribution in [2.45, 2.75) is 9.79 Å². The number of rotatable bonds is 5. The SMILES string of the molecule is O=C(Nc1ccc(Sc2ccc([N+](=O)[O-])cc2)cc1)Nc1cc(Cl)cc(Cl)c1. The number of anilines is 2. The highest BCUT2D eigenvalue weighted by atomic mass is 35.5. The predicted octanol–water partition coefficient (Wildman–Crippen LogP) is 6.70. The van der Waals surface area contributed by atoms with Crippen molar-refractivity contribution in [3.8, 4) is 0 Å². The summed E-state index contributed by atoms with van der Waals surface area (Å²) in [5.74, 6) is 0. The molecule has 0 aliphatic heterocycles. The van der Waals surface area contributed by atoms with Gasteiger partial charge in [-0.25, -0.2) is 4.79 Å². The number of hydrogen-bond donors (Lipinski definition) is 2. The van der Waals surface area contributed by atoms with Gasteiger partial charge in [0.15, 0.2) is 0 Å². The largest absolute Gasteiger partial charge is 0.323 e.